The van der Waals surface area contributed by atoms with Gasteiger partial charge < -0.3 is 11.1 Å². The first-order valence-electron chi connectivity index (χ1n) is 5.88. The van der Waals surface area contributed by atoms with Crippen LogP contribution in [0.4, 0.5) is 5.69 Å². The maximum Gasteiger partial charge on any atom is 0.251 e. The maximum absolute atomic E-state index is 11.9. The summed E-state index contributed by atoms with van der Waals surface area (Å²) < 4.78 is 1.68. The summed E-state index contributed by atoms with van der Waals surface area (Å²) in [6, 6.07) is 5.19. The van der Waals surface area contributed by atoms with Crippen LogP contribution in [0, 0.1) is 6.92 Å². The number of carbonyl (C=O) groups excluding carboxylic acids is 1. The van der Waals surface area contributed by atoms with Crippen molar-refractivity contribution in [1.29, 1.82) is 0 Å². The summed E-state index contributed by atoms with van der Waals surface area (Å²) in [6.07, 6.45) is 3.29. The molecule has 1 amide bonds. The summed E-state index contributed by atoms with van der Waals surface area (Å²) in [5.41, 5.74) is 7.64. The standard InChI is InChI=1S/C13H15ClN4O/c1-9-6-10(2-3-12(9)14)13(19)16-4-5-18-8-11(15)7-17-18/h2-3,6-8H,4-5,15H2,1H3,(H,16,19). The number of nitrogens with one attached hydrogen (secondary N) is 1. The maximum atomic E-state index is 11.9. The fourth-order valence-electron chi connectivity index (χ4n) is 1.67. The Morgan fingerprint density at radius 1 is 1.53 bits per heavy atom. The van der Waals surface area contributed by atoms with E-state index in [2.05, 4.69) is 10.4 Å². The fourth-order valence-corrected chi connectivity index (χ4v) is 1.79. The lowest BCUT2D eigenvalue weighted by Crippen LogP contribution is -2.27. The fraction of sp³-hybridized carbons (Fsp3) is 0.231. The molecule has 1 aromatic heterocycles. The third-order valence-electron chi connectivity index (χ3n) is 2.70. The minimum Gasteiger partial charge on any atom is -0.396 e. The molecule has 0 aliphatic rings. The van der Waals surface area contributed by atoms with Crippen molar-refractivity contribution in [3.05, 3.63) is 46.7 Å². The topological polar surface area (TPSA) is 72.9 Å². The number of nitrogens with zero attached hydrogens (tertiary/aromatic N) is 2. The number of halogens is 1. The van der Waals surface area contributed by atoms with Gasteiger partial charge in [-0.25, -0.2) is 0 Å². The highest BCUT2D eigenvalue weighted by Crippen LogP contribution is 2.16. The van der Waals surface area contributed by atoms with Gasteiger partial charge in [-0.05, 0) is 30.7 Å². The zero-order chi connectivity index (χ0) is 13.8. The van der Waals surface area contributed by atoms with Crippen LogP contribution in [0.25, 0.3) is 0 Å². The van der Waals surface area contributed by atoms with Crippen molar-refractivity contribution in [1.82, 2.24) is 15.1 Å². The molecule has 0 unspecified atom stereocenters. The van der Waals surface area contributed by atoms with E-state index >= 15 is 0 Å². The van der Waals surface area contributed by atoms with E-state index < -0.39 is 0 Å². The number of benzene rings is 1. The van der Waals surface area contributed by atoms with Crippen molar-refractivity contribution in [2.24, 2.45) is 0 Å². The number of nitrogen functional groups attached to an aromatic ring is 1. The van der Waals surface area contributed by atoms with Gasteiger partial charge in [0.25, 0.3) is 5.91 Å². The lowest BCUT2D eigenvalue weighted by atomic mass is 10.1. The second-order valence-corrected chi connectivity index (χ2v) is 4.66. The zero-order valence-electron chi connectivity index (χ0n) is 10.6. The Labute approximate surface area is 116 Å². The van der Waals surface area contributed by atoms with Gasteiger partial charge in [0, 0.05) is 23.3 Å². The molecule has 0 saturated carbocycles. The van der Waals surface area contributed by atoms with E-state index in [9.17, 15) is 4.79 Å². The number of hydrogen-bond donors (Lipinski definition) is 2. The van der Waals surface area contributed by atoms with E-state index in [4.69, 9.17) is 17.3 Å². The van der Waals surface area contributed by atoms with Gasteiger partial charge >= 0.3 is 0 Å². The van der Waals surface area contributed by atoms with E-state index in [0.29, 0.717) is 29.4 Å². The molecule has 2 rings (SSSR count). The molecule has 0 spiro atoms. The molecule has 1 aromatic carbocycles. The molecular weight excluding hydrogens is 264 g/mol. The number of aryl methyl sites for hydroxylation is 1. The number of carbonyl (C=O) groups is 1. The molecule has 0 fully saturated rings. The summed E-state index contributed by atoms with van der Waals surface area (Å²) in [7, 11) is 0. The highest BCUT2D eigenvalue weighted by atomic mass is 35.5. The third-order valence-corrected chi connectivity index (χ3v) is 3.12. The summed E-state index contributed by atoms with van der Waals surface area (Å²) in [6.45, 7) is 2.93. The van der Waals surface area contributed by atoms with Crippen molar-refractivity contribution < 1.29 is 4.79 Å². The first-order chi connectivity index (χ1) is 9.06. The Bertz CT molecular complexity index is 594. The normalized spacial score (nSPS) is 10.4. The van der Waals surface area contributed by atoms with Crippen LogP contribution in [0.2, 0.25) is 5.02 Å². The van der Waals surface area contributed by atoms with Gasteiger partial charge in [-0.3, -0.25) is 9.48 Å². The quantitative estimate of drug-likeness (QED) is 0.896. The van der Waals surface area contributed by atoms with Crippen molar-refractivity contribution in [2.75, 3.05) is 12.3 Å². The van der Waals surface area contributed by atoms with Crippen LogP contribution in [0.5, 0.6) is 0 Å². The monoisotopic (exact) mass is 278 g/mol. The molecule has 0 atom stereocenters. The van der Waals surface area contributed by atoms with E-state index in [-0.39, 0.29) is 5.91 Å². The SMILES string of the molecule is Cc1cc(C(=O)NCCn2cc(N)cn2)ccc1Cl. The van der Waals surface area contributed by atoms with Crippen LogP contribution in [0.3, 0.4) is 0 Å². The van der Waals surface area contributed by atoms with Gasteiger partial charge in [0.2, 0.25) is 0 Å². The van der Waals surface area contributed by atoms with Crippen molar-refractivity contribution in [3.63, 3.8) is 0 Å². The van der Waals surface area contributed by atoms with Crippen molar-refractivity contribution in [2.45, 2.75) is 13.5 Å². The number of rotatable bonds is 4. The smallest absolute Gasteiger partial charge is 0.251 e. The van der Waals surface area contributed by atoms with Crippen LogP contribution in [0.1, 0.15) is 15.9 Å². The highest BCUT2D eigenvalue weighted by Gasteiger charge is 2.06. The molecule has 100 valence electrons. The van der Waals surface area contributed by atoms with Gasteiger partial charge in [0.15, 0.2) is 0 Å². The predicted octanol–water partition coefficient (Wildman–Crippen LogP) is 1.86. The molecule has 5 nitrogen and oxygen atoms in total. The molecule has 3 N–H and O–H groups in total. The molecule has 0 aliphatic carbocycles. The number of amides is 1. The molecule has 0 bridgehead atoms. The van der Waals surface area contributed by atoms with Gasteiger partial charge in [0.05, 0.1) is 18.4 Å². The number of nitrogens with two attached hydrogens (primary N) is 1. The molecule has 0 saturated heterocycles. The van der Waals surface area contributed by atoms with Crippen LogP contribution >= 0.6 is 11.6 Å². The second kappa shape index (κ2) is 5.75. The Morgan fingerprint density at radius 2 is 2.32 bits per heavy atom. The van der Waals surface area contributed by atoms with E-state index in [1.807, 2.05) is 6.92 Å². The summed E-state index contributed by atoms with van der Waals surface area (Å²) in [5.74, 6) is -0.125. The minimum absolute atomic E-state index is 0.125. The molecule has 0 radical (unpaired) electrons. The Morgan fingerprint density at radius 3 is 2.95 bits per heavy atom. The van der Waals surface area contributed by atoms with Gasteiger partial charge in [0.1, 0.15) is 0 Å². The molecule has 0 aliphatic heterocycles. The first kappa shape index (κ1) is 13.4. The molecular formula is C13H15ClN4O. The van der Waals surface area contributed by atoms with Crippen molar-refractivity contribution >= 4 is 23.2 Å². The number of hydrogen-bond acceptors (Lipinski definition) is 3. The average molecular weight is 279 g/mol. The summed E-state index contributed by atoms with van der Waals surface area (Å²) in [5, 5.41) is 7.51. The minimum atomic E-state index is -0.125. The third kappa shape index (κ3) is 3.48. The van der Waals surface area contributed by atoms with Crippen molar-refractivity contribution in [3.8, 4) is 0 Å². The van der Waals surface area contributed by atoms with Crippen LogP contribution in [-0.2, 0) is 6.54 Å². The zero-order valence-corrected chi connectivity index (χ0v) is 11.3. The largest absolute Gasteiger partial charge is 0.396 e. The summed E-state index contributed by atoms with van der Waals surface area (Å²) >= 11 is 5.92. The second-order valence-electron chi connectivity index (χ2n) is 4.26. The molecule has 19 heavy (non-hydrogen) atoms. The van der Waals surface area contributed by atoms with Gasteiger partial charge in [-0.15, -0.1) is 0 Å². The van der Waals surface area contributed by atoms with Gasteiger partial charge in [-0.2, -0.15) is 5.10 Å². The number of aromatic nitrogens is 2. The van der Waals surface area contributed by atoms with Crippen LogP contribution < -0.4 is 11.1 Å². The van der Waals surface area contributed by atoms with E-state index in [1.54, 1.807) is 35.3 Å². The lowest BCUT2D eigenvalue weighted by molar-refractivity contribution is 0.0952. The number of anilines is 1. The van der Waals surface area contributed by atoms with Gasteiger partial charge in [-0.1, -0.05) is 11.6 Å². The Balaban J connectivity index is 1.89. The first-order valence-corrected chi connectivity index (χ1v) is 6.26. The van der Waals surface area contributed by atoms with E-state index in [1.165, 1.54) is 0 Å². The molecule has 6 heteroatoms. The Hall–Kier alpha value is -2.01. The Kier molecular flexibility index (Phi) is 4.06. The highest BCUT2D eigenvalue weighted by molar-refractivity contribution is 6.31. The van der Waals surface area contributed by atoms with Crippen LogP contribution in [0.15, 0.2) is 30.6 Å². The summed E-state index contributed by atoms with van der Waals surface area (Å²) in [4.78, 5) is 11.9. The lowest BCUT2D eigenvalue weighted by Gasteiger charge is -2.06. The molecule has 2 aromatic rings. The van der Waals surface area contributed by atoms with Crippen LogP contribution in [-0.4, -0.2) is 22.2 Å². The van der Waals surface area contributed by atoms with E-state index in [0.717, 1.165) is 5.56 Å². The molecule has 1 heterocycles. The predicted molar refractivity (Wildman–Crippen MR) is 75.2 cm³/mol. The average Bonchev–Trinajstić information content (AvgIpc) is 2.78.